The van der Waals surface area contributed by atoms with Crippen LogP contribution in [0.2, 0.25) is 0 Å². The fraction of sp³-hybridized carbons (Fsp3) is 0.533. The summed E-state index contributed by atoms with van der Waals surface area (Å²) >= 11 is 3.59. The molecule has 1 aromatic carbocycles. The Labute approximate surface area is 128 Å². The molecule has 0 aliphatic carbocycles. The van der Waals surface area contributed by atoms with Crippen LogP contribution in [0, 0.1) is 0 Å². The molecule has 2 N–H and O–H groups in total. The molecule has 2 aliphatic heterocycles. The number of carbonyl (C=O) groups is 1. The number of rotatable bonds is 3. The Morgan fingerprint density at radius 1 is 1.35 bits per heavy atom. The van der Waals surface area contributed by atoms with E-state index in [0.29, 0.717) is 0 Å². The van der Waals surface area contributed by atoms with Crippen LogP contribution in [0.15, 0.2) is 28.7 Å². The van der Waals surface area contributed by atoms with Gasteiger partial charge in [-0.2, -0.15) is 0 Å². The van der Waals surface area contributed by atoms with E-state index in [1.807, 2.05) is 6.07 Å². The van der Waals surface area contributed by atoms with Crippen molar-refractivity contribution in [2.45, 2.75) is 31.3 Å². The van der Waals surface area contributed by atoms with Crippen molar-refractivity contribution in [3.05, 3.63) is 28.7 Å². The van der Waals surface area contributed by atoms with Crippen molar-refractivity contribution < 1.29 is 4.79 Å². The topological polar surface area (TPSA) is 44.4 Å². The minimum absolute atomic E-state index is 0.0208. The van der Waals surface area contributed by atoms with Gasteiger partial charge in [0.25, 0.3) is 0 Å². The van der Waals surface area contributed by atoms with Gasteiger partial charge in [0.15, 0.2) is 0 Å². The maximum atomic E-state index is 12.1. The summed E-state index contributed by atoms with van der Waals surface area (Å²) in [5.41, 5.74) is 1.21. The number of carbonyl (C=O) groups excluding carboxylic acids is 1. The Kier molecular flexibility index (Phi) is 4.27. The van der Waals surface area contributed by atoms with Crippen LogP contribution in [0.25, 0.3) is 0 Å². The highest BCUT2D eigenvalue weighted by atomic mass is 79.9. The van der Waals surface area contributed by atoms with Gasteiger partial charge >= 0.3 is 0 Å². The van der Waals surface area contributed by atoms with Gasteiger partial charge in [-0.25, -0.2) is 0 Å². The SMILES string of the molecule is O=C(NC1CCN(c2ccccc2Br)C1)C1CCCN1. The molecule has 0 saturated carbocycles. The zero-order valence-electron chi connectivity index (χ0n) is 11.4. The highest BCUT2D eigenvalue weighted by Crippen LogP contribution is 2.28. The first-order valence-corrected chi connectivity index (χ1v) is 8.06. The lowest BCUT2D eigenvalue weighted by Crippen LogP contribution is -2.46. The van der Waals surface area contributed by atoms with E-state index in [2.05, 4.69) is 49.7 Å². The van der Waals surface area contributed by atoms with Crippen LogP contribution < -0.4 is 15.5 Å². The van der Waals surface area contributed by atoms with E-state index in [0.717, 1.165) is 43.4 Å². The fourth-order valence-corrected chi connectivity index (χ4v) is 3.55. The molecular formula is C15H20BrN3O. The minimum atomic E-state index is 0.0208. The molecule has 2 unspecified atom stereocenters. The molecule has 2 fully saturated rings. The van der Waals surface area contributed by atoms with Crippen molar-refractivity contribution in [3.8, 4) is 0 Å². The van der Waals surface area contributed by atoms with Gasteiger partial charge in [-0.15, -0.1) is 0 Å². The summed E-state index contributed by atoms with van der Waals surface area (Å²) < 4.78 is 1.12. The quantitative estimate of drug-likeness (QED) is 0.885. The highest BCUT2D eigenvalue weighted by molar-refractivity contribution is 9.10. The summed E-state index contributed by atoms with van der Waals surface area (Å²) in [7, 11) is 0. The Hall–Kier alpha value is -1.07. The van der Waals surface area contributed by atoms with E-state index >= 15 is 0 Å². The van der Waals surface area contributed by atoms with Gasteiger partial charge < -0.3 is 15.5 Å². The molecule has 3 rings (SSSR count). The van der Waals surface area contributed by atoms with E-state index in [4.69, 9.17) is 0 Å². The predicted octanol–water partition coefficient (Wildman–Crippen LogP) is 1.90. The zero-order valence-corrected chi connectivity index (χ0v) is 13.0. The third-order valence-corrected chi connectivity index (χ3v) is 4.78. The largest absolute Gasteiger partial charge is 0.368 e. The van der Waals surface area contributed by atoms with E-state index in [1.165, 1.54) is 5.69 Å². The molecule has 0 aromatic heterocycles. The van der Waals surface area contributed by atoms with E-state index < -0.39 is 0 Å². The van der Waals surface area contributed by atoms with Crippen LogP contribution in [-0.2, 0) is 4.79 Å². The van der Waals surface area contributed by atoms with Crippen LogP contribution in [0.3, 0.4) is 0 Å². The van der Waals surface area contributed by atoms with Crippen LogP contribution in [0.1, 0.15) is 19.3 Å². The third-order valence-electron chi connectivity index (χ3n) is 4.10. The Morgan fingerprint density at radius 3 is 2.95 bits per heavy atom. The summed E-state index contributed by atoms with van der Waals surface area (Å²) in [4.78, 5) is 14.4. The van der Waals surface area contributed by atoms with Gasteiger partial charge in [-0.3, -0.25) is 4.79 Å². The number of nitrogens with one attached hydrogen (secondary N) is 2. The summed E-state index contributed by atoms with van der Waals surface area (Å²) in [6.07, 6.45) is 3.08. The third kappa shape index (κ3) is 2.99. The number of amides is 1. The van der Waals surface area contributed by atoms with Gasteiger partial charge in [0.2, 0.25) is 5.91 Å². The van der Waals surface area contributed by atoms with Crippen molar-refractivity contribution >= 4 is 27.5 Å². The molecule has 2 atom stereocenters. The smallest absolute Gasteiger partial charge is 0.237 e. The van der Waals surface area contributed by atoms with Crippen molar-refractivity contribution in [2.24, 2.45) is 0 Å². The number of hydrogen-bond acceptors (Lipinski definition) is 3. The van der Waals surface area contributed by atoms with Crippen LogP contribution >= 0.6 is 15.9 Å². The second-order valence-corrected chi connectivity index (χ2v) is 6.39. The molecule has 2 aliphatic rings. The fourth-order valence-electron chi connectivity index (χ4n) is 3.02. The Balaban J connectivity index is 1.57. The summed E-state index contributed by atoms with van der Waals surface area (Å²) in [6, 6.07) is 8.53. The number of nitrogens with zero attached hydrogens (tertiary/aromatic N) is 1. The van der Waals surface area contributed by atoms with E-state index in [1.54, 1.807) is 0 Å². The van der Waals surface area contributed by atoms with Crippen molar-refractivity contribution in [3.63, 3.8) is 0 Å². The summed E-state index contributed by atoms with van der Waals surface area (Å²) in [5.74, 6) is 0.168. The first kappa shape index (κ1) is 13.9. The highest BCUT2D eigenvalue weighted by Gasteiger charge is 2.28. The number of para-hydroxylation sites is 1. The summed E-state index contributed by atoms with van der Waals surface area (Å²) in [5, 5.41) is 6.43. The molecule has 1 amide bonds. The van der Waals surface area contributed by atoms with Gasteiger partial charge in [-0.05, 0) is 53.9 Å². The van der Waals surface area contributed by atoms with E-state index in [-0.39, 0.29) is 18.0 Å². The molecule has 0 bridgehead atoms. The standard InChI is InChI=1S/C15H20BrN3O/c16-12-4-1-2-6-14(12)19-9-7-11(10-19)18-15(20)13-5-3-8-17-13/h1-2,4,6,11,13,17H,3,5,7-10H2,(H,18,20). The van der Waals surface area contributed by atoms with Crippen LogP contribution in [-0.4, -0.2) is 37.6 Å². The second-order valence-electron chi connectivity index (χ2n) is 5.54. The molecule has 108 valence electrons. The van der Waals surface area contributed by atoms with Crippen LogP contribution in [0.5, 0.6) is 0 Å². The molecule has 5 heteroatoms. The number of halogens is 1. The van der Waals surface area contributed by atoms with Crippen molar-refractivity contribution in [1.29, 1.82) is 0 Å². The first-order chi connectivity index (χ1) is 9.74. The summed E-state index contributed by atoms with van der Waals surface area (Å²) in [6.45, 7) is 2.85. The number of anilines is 1. The molecule has 0 radical (unpaired) electrons. The normalized spacial score (nSPS) is 25.9. The maximum Gasteiger partial charge on any atom is 0.237 e. The minimum Gasteiger partial charge on any atom is -0.368 e. The molecule has 20 heavy (non-hydrogen) atoms. The Bertz CT molecular complexity index is 488. The lowest BCUT2D eigenvalue weighted by molar-refractivity contribution is -0.123. The van der Waals surface area contributed by atoms with Crippen molar-refractivity contribution in [1.82, 2.24) is 10.6 Å². The van der Waals surface area contributed by atoms with Gasteiger partial charge in [0, 0.05) is 23.6 Å². The lowest BCUT2D eigenvalue weighted by Gasteiger charge is -2.21. The van der Waals surface area contributed by atoms with Crippen LogP contribution in [0.4, 0.5) is 5.69 Å². The zero-order chi connectivity index (χ0) is 13.9. The second kappa shape index (κ2) is 6.14. The number of benzene rings is 1. The molecule has 1 aromatic rings. The molecule has 2 saturated heterocycles. The molecular weight excluding hydrogens is 318 g/mol. The predicted molar refractivity (Wildman–Crippen MR) is 83.9 cm³/mol. The average molecular weight is 338 g/mol. The lowest BCUT2D eigenvalue weighted by atomic mass is 10.2. The average Bonchev–Trinajstić information content (AvgIpc) is 3.10. The number of hydrogen-bond donors (Lipinski definition) is 2. The Morgan fingerprint density at radius 2 is 2.20 bits per heavy atom. The molecule has 4 nitrogen and oxygen atoms in total. The molecule has 2 heterocycles. The van der Waals surface area contributed by atoms with Gasteiger partial charge in [-0.1, -0.05) is 12.1 Å². The maximum absolute atomic E-state index is 12.1. The molecule has 0 spiro atoms. The first-order valence-electron chi connectivity index (χ1n) is 7.27. The van der Waals surface area contributed by atoms with E-state index in [9.17, 15) is 4.79 Å². The van der Waals surface area contributed by atoms with Gasteiger partial charge in [0.05, 0.1) is 11.7 Å². The van der Waals surface area contributed by atoms with Gasteiger partial charge in [0.1, 0.15) is 0 Å². The van der Waals surface area contributed by atoms with Crippen molar-refractivity contribution in [2.75, 3.05) is 24.5 Å². The monoisotopic (exact) mass is 337 g/mol.